The van der Waals surface area contributed by atoms with E-state index in [2.05, 4.69) is 23.2 Å². The van der Waals surface area contributed by atoms with Gasteiger partial charge in [0, 0.05) is 18.3 Å². The average molecular weight is 183 g/mol. The minimum Gasteiger partial charge on any atom is -0.309 e. The lowest BCUT2D eigenvalue weighted by Gasteiger charge is -2.11. The zero-order chi connectivity index (χ0) is 8.23. The van der Waals surface area contributed by atoms with Gasteiger partial charge in [-0.3, -0.25) is 0 Å². The second kappa shape index (κ2) is 4.33. The highest BCUT2D eigenvalue weighted by Gasteiger charge is 2.15. The fourth-order valence-corrected chi connectivity index (χ4v) is 3.06. The quantitative estimate of drug-likeness (QED) is 0.673. The first-order valence-corrected chi connectivity index (χ1v) is 6.09. The van der Waals surface area contributed by atoms with Gasteiger partial charge in [-0.15, -0.1) is 0 Å². The van der Waals surface area contributed by atoms with Crippen LogP contribution in [0.25, 0.3) is 0 Å². The first-order chi connectivity index (χ1) is 5.95. The molecule has 1 aliphatic carbocycles. The summed E-state index contributed by atoms with van der Waals surface area (Å²) in [6.07, 6.45) is 7.83. The van der Waals surface area contributed by atoms with E-state index in [1.165, 1.54) is 37.2 Å². The number of rotatable bonds is 3. The van der Waals surface area contributed by atoms with Gasteiger partial charge in [0.1, 0.15) is 0 Å². The Morgan fingerprint density at radius 2 is 2.58 bits per heavy atom. The molecule has 0 spiro atoms. The average Bonchev–Trinajstić information content (AvgIpc) is 2.74. The van der Waals surface area contributed by atoms with Crippen LogP contribution in [0.5, 0.6) is 0 Å². The van der Waals surface area contributed by atoms with Crippen molar-refractivity contribution in [3.8, 4) is 0 Å². The zero-order valence-corrected chi connectivity index (χ0v) is 8.33. The molecule has 1 fully saturated rings. The molecule has 1 nitrogen and oxygen atoms in total. The van der Waals surface area contributed by atoms with Crippen LogP contribution in [0.1, 0.15) is 25.7 Å². The minimum absolute atomic E-state index is 0.802. The van der Waals surface area contributed by atoms with Crippen LogP contribution in [-0.4, -0.2) is 24.1 Å². The molecular weight excluding hydrogens is 166 g/mol. The van der Waals surface area contributed by atoms with Crippen molar-refractivity contribution in [1.29, 1.82) is 0 Å². The van der Waals surface area contributed by atoms with Gasteiger partial charge in [-0.1, -0.05) is 11.6 Å². The van der Waals surface area contributed by atoms with E-state index in [9.17, 15) is 0 Å². The first kappa shape index (κ1) is 8.64. The fourth-order valence-electron chi connectivity index (χ4n) is 1.87. The highest BCUT2D eigenvalue weighted by molar-refractivity contribution is 7.99. The molecule has 1 aliphatic heterocycles. The van der Waals surface area contributed by atoms with Gasteiger partial charge in [0.25, 0.3) is 0 Å². The predicted octanol–water partition coefficient (Wildman–Crippen LogP) is 2.19. The Hall–Kier alpha value is 0.0500. The molecule has 2 heteroatoms. The van der Waals surface area contributed by atoms with E-state index in [0.29, 0.717) is 0 Å². The Morgan fingerprint density at radius 1 is 1.58 bits per heavy atom. The largest absolute Gasteiger partial charge is 0.309 e. The second-order valence-corrected chi connectivity index (χ2v) is 4.85. The molecule has 12 heavy (non-hydrogen) atoms. The summed E-state index contributed by atoms with van der Waals surface area (Å²) in [5, 5.41) is 3.63. The van der Waals surface area contributed by atoms with Crippen LogP contribution in [0.4, 0.5) is 0 Å². The van der Waals surface area contributed by atoms with Crippen LogP contribution in [0.2, 0.25) is 0 Å². The van der Waals surface area contributed by atoms with Gasteiger partial charge in [0.15, 0.2) is 0 Å². The maximum absolute atomic E-state index is 3.63. The zero-order valence-electron chi connectivity index (χ0n) is 7.51. The third kappa shape index (κ3) is 2.27. The van der Waals surface area contributed by atoms with Crippen LogP contribution in [-0.2, 0) is 0 Å². The van der Waals surface area contributed by atoms with Crippen LogP contribution in [0.3, 0.4) is 0 Å². The van der Waals surface area contributed by atoms with Crippen molar-refractivity contribution in [3.63, 3.8) is 0 Å². The molecule has 0 aromatic heterocycles. The van der Waals surface area contributed by atoms with Crippen molar-refractivity contribution in [2.24, 2.45) is 0 Å². The Bertz CT molecular complexity index is 171. The Balaban J connectivity index is 1.67. The summed E-state index contributed by atoms with van der Waals surface area (Å²) in [6.45, 7) is 1.16. The monoisotopic (exact) mass is 183 g/mol. The lowest BCUT2D eigenvalue weighted by atomic mass is 10.2. The van der Waals surface area contributed by atoms with E-state index in [1.54, 1.807) is 5.57 Å². The first-order valence-electron chi connectivity index (χ1n) is 4.94. The number of nitrogens with one attached hydrogen (secondary N) is 1. The Morgan fingerprint density at radius 3 is 3.25 bits per heavy atom. The molecule has 1 atom stereocenters. The second-order valence-electron chi connectivity index (χ2n) is 3.70. The molecule has 2 rings (SSSR count). The van der Waals surface area contributed by atoms with Gasteiger partial charge in [-0.25, -0.2) is 0 Å². The molecule has 0 aromatic rings. The standard InChI is InChI=1S/C10H17NS/c1-2-4-9(3-1)7-11-10-5-6-12-8-10/h3,10-11H,1-2,4-8H2. The van der Waals surface area contributed by atoms with Crippen molar-refractivity contribution in [3.05, 3.63) is 11.6 Å². The van der Waals surface area contributed by atoms with Gasteiger partial charge < -0.3 is 5.32 Å². The van der Waals surface area contributed by atoms with E-state index in [4.69, 9.17) is 0 Å². The summed E-state index contributed by atoms with van der Waals surface area (Å²) in [4.78, 5) is 0. The molecule has 1 heterocycles. The van der Waals surface area contributed by atoms with E-state index >= 15 is 0 Å². The van der Waals surface area contributed by atoms with Crippen LogP contribution >= 0.6 is 11.8 Å². The van der Waals surface area contributed by atoms with Crippen molar-refractivity contribution in [2.75, 3.05) is 18.1 Å². The molecule has 1 N–H and O–H groups in total. The lowest BCUT2D eigenvalue weighted by molar-refractivity contribution is 0.581. The normalized spacial score (nSPS) is 29.3. The van der Waals surface area contributed by atoms with Crippen molar-refractivity contribution < 1.29 is 0 Å². The summed E-state index contributed by atoms with van der Waals surface area (Å²) in [5.74, 6) is 2.68. The van der Waals surface area contributed by atoms with E-state index in [1.807, 2.05) is 0 Å². The third-order valence-electron chi connectivity index (χ3n) is 2.68. The maximum Gasteiger partial charge on any atom is 0.0169 e. The number of thioether (sulfide) groups is 1. The maximum atomic E-state index is 3.63. The van der Waals surface area contributed by atoms with E-state index in [0.717, 1.165) is 12.6 Å². The summed E-state index contributed by atoms with van der Waals surface area (Å²) >= 11 is 2.08. The molecule has 2 aliphatic rings. The molecule has 0 bridgehead atoms. The molecule has 0 aromatic carbocycles. The Labute approximate surface area is 79.0 Å². The third-order valence-corrected chi connectivity index (χ3v) is 3.84. The fraction of sp³-hybridized carbons (Fsp3) is 0.800. The number of hydrogen-bond donors (Lipinski definition) is 1. The minimum atomic E-state index is 0.802. The highest BCUT2D eigenvalue weighted by atomic mass is 32.2. The summed E-state index contributed by atoms with van der Waals surface area (Å²) in [7, 11) is 0. The van der Waals surface area contributed by atoms with Crippen LogP contribution < -0.4 is 5.32 Å². The van der Waals surface area contributed by atoms with Crippen molar-refractivity contribution in [2.45, 2.75) is 31.7 Å². The SMILES string of the molecule is C1=C(CNC2CCSC2)CCC1. The van der Waals surface area contributed by atoms with Crippen molar-refractivity contribution in [1.82, 2.24) is 5.32 Å². The Kier molecular flexibility index (Phi) is 3.12. The molecule has 1 unspecified atom stereocenters. The van der Waals surface area contributed by atoms with E-state index in [-0.39, 0.29) is 0 Å². The lowest BCUT2D eigenvalue weighted by Crippen LogP contribution is -2.30. The summed E-state index contributed by atoms with van der Waals surface area (Å²) < 4.78 is 0. The van der Waals surface area contributed by atoms with Gasteiger partial charge in [-0.2, -0.15) is 11.8 Å². The molecular formula is C10H17NS. The van der Waals surface area contributed by atoms with Gasteiger partial charge in [0.05, 0.1) is 0 Å². The van der Waals surface area contributed by atoms with Crippen LogP contribution in [0.15, 0.2) is 11.6 Å². The van der Waals surface area contributed by atoms with Crippen molar-refractivity contribution >= 4 is 11.8 Å². The van der Waals surface area contributed by atoms with E-state index < -0.39 is 0 Å². The summed E-state index contributed by atoms with van der Waals surface area (Å²) in [5.41, 5.74) is 1.65. The smallest absolute Gasteiger partial charge is 0.0169 e. The van der Waals surface area contributed by atoms with Gasteiger partial charge in [0.2, 0.25) is 0 Å². The number of hydrogen-bond acceptors (Lipinski definition) is 2. The predicted molar refractivity (Wildman–Crippen MR) is 55.7 cm³/mol. The molecule has 0 saturated carbocycles. The summed E-state index contributed by atoms with van der Waals surface area (Å²) in [6, 6.07) is 0.802. The molecule has 1 saturated heterocycles. The molecule has 0 amide bonds. The topological polar surface area (TPSA) is 12.0 Å². The van der Waals surface area contributed by atoms with Crippen LogP contribution in [0, 0.1) is 0 Å². The molecule has 0 radical (unpaired) electrons. The van der Waals surface area contributed by atoms with Gasteiger partial charge in [-0.05, 0) is 31.4 Å². The highest BCUT2D eigenvalue weighted by Crippen LogP contribution is 2.19. The van der Waals surface area contributed by atoms with Gasteiger partial charge >= 0.3 is 0 Å². The molecule has 68 valence electrons. The number of allylic oxidation sites excluding steroid dienone is 1.